The summed E-state index contributed by atoms with van der Waals surface area (Å²) in [5, 5.41) is 9.41. The van der Waals surface area contributed by atoms with Gasteiger partial charge >= 0.3 is 5.97 Å². The molecule has 1 N–H and O–H groups in total. The number of carbonyl (C=O) groups excluding carboxylic acids is 1. The van der Waals surface area contributed by atoms with E-state index in [9.17, 15) is 9.90 Å². The number of nitrogens with zero attached hydrogens (tertiary/aromatic N) is 1. The van der Waals surface area contributed by atoms with Gasteiger partial charge in [0.15, 0.2) is 0 Å². The molecular formula is C15H17NO3. The van der Waals surface area contributed by atoms with Gasteiger partial charge in [-0.15, -0.1) is 0 Å². The lowest BCUT2D eigenvalue weighted by atomic mass is 10.2. The van der Waals surface area contributed by atoms with E-state index in [-0.39, 0.29) is 12.6 Å². The summed E-state index contributed by atoms with van der Waals surface area (Å²) in [5.41, 5.74) is 2.96. The van der Waals surface area contributed by atoms with E-state index in [0.717, 1.165) is 16.9 Å². The topological polar surface area (TPSA) is 51.5 Å². The maximum Gasteiger partial charge on any atom is 0.355 e. The van der Waals surface area contributed by atoms with Crippen molar-refractivity contribution in [2.45, 2.75) is 20.5 Å². The van der Waals surface area contributed by atoms with E-state index in [0.29, 0.717) is 12.3 Å². The van der Waals surface area contributed by atoms with Crippen LogP contribution in [0.4, 0.5) is 0 Å². The van der Waals surface area contributed by atoms with Crippen LogP contribution in [0.25, 0.3) is 5.69 Å². The van der Waals surface area contributed by atoms with Gasteiger partial charge in [0.1, 0.15) is 5.69 Å². The van der Waals surface area contributed by atoms with Crippen LogP contribution in [0.15, 0.2) is 36.4 Å². The number of esters is 1. The number of carbonyl (C=O) groups is 1. The van der Waals surface area contributed by atoms with Crippen LogP contribution in [0, 0.1) is 6.92 Å². The van der Waals surface area contributed by atoms with Crippen molar-refractivity contribution in [1.82, 2.24) is 4.57 Å². The van der Waals surface area contributed by atoms with Crippen molar-refractivity contribution in [1.29, 1.82) is 0 Å². The van der Waals surface area contributed by atoms with Gasteiger partial charge in [-0.25, -0.2) is 4.79 Å². The molecule has 1 heterocycles. The number of ether oxygens (including phenoxy) is 1. The third-order valence-electron chi connectivity index (χ3n) is 2.96. The van der Waals surface area contributed by atoms with E-state index >= 15 is 0 Å². The Balaban J connectivity index is 2.55. The Kier molecular flexibility index (Phi) is 4.02. The quantitative estimate of drug-likeness (QED) is 0.858. The Morgan fingerprint density at radius 2 is 2.00 bits per heavy atom. The lowest BCUT2D eigenvalue weighted by Gasteiger charge is -2.14. The van der Waals surface area contributed by atoms with Crippen LogP contribution in [0.3, 0.4) is 0 Å². The number of benzene rings is 1. The van der Waals surface area contributed by atoms with Crippen molar-refractivity contribution in [2.75, 3.05) is 6.61 Å². The lowest BCUT2D eigenvalue weighted by Crippen LogP contribution is -2.13. The minimum absolute atomic E-state index is 0.0734. The van der Waals surface area contributed by atoms with Gasteiger partial charge < -0.3 is 14.4 Å². The zero-order valence-electron chi connectivity index (χ0n) is 11.1. The first-order valence-electron chi connectivity index (χ1n) is 6.23. The summed E-state index contributed by atoms with van der Waals surface area (Å²) in [6.07, 6.45) is 0. The second-order valence-corrected chi connectivity index (χ2v) is 4.20. The average molecular weight is 259 g/mol. The van der Waals surface area contributed by atoms with Crippen LogP contribution in [-0.4, -0.2) is 22.2 Å². The molecule has 0 saturated carbocycles. The van der Waals surface area contributed by atoms with E-state index in [1.54, 1.807) is 13.0 Å². The van der Waals surface area contributed by atoms with Crippen molar-refractivity contribution in [2.24, 2.45) is 0 Å². The third-order valence-corrected chi connectivity index (χ3v) is 2.96. The number of aliphatic hydroxyl groups is 1. The monoisotopic (exact) mass is 259 g/mol. The van der Waals surface area contributed by atoms with E-state index < -0.39 is 0 Å². The molecule has 0 radical (unpaired) electrons. The fourth-order valence-corrected chi connectivity index (χ4v) is 2.09. The van der Waals surface area contributed by atoms with Crippen molar-refractivity contribution in [3.05, 3.63) is 53.3 Å². The number of para-hydroxylation sites is 1. The van der Waals surface area contributed by atoms with E-state index in [2.05, 4.69) is 0 Å². The molecule has 0 fully saturated rings. The minimum Gasteiger partial charge on any atom is -0.461 e. The molecule has 19 heavy (non-hydrogen) atoms. The summed E-state index contributed by atoms with van der Waals surface area (Å²) < 4.78 is 6.86. The molecule has 0 aliphatic heterocycles. The predicted octanol–water partition coefficient (Wildman–Crippen LogP) is 2.45. The summed E-state index contributed by atoms with van der Waals surface area (Å²) in [6, 6.07) is 11.0. The number of rotatable bonds is 4. The maximum atomic E-state index is 11.9. The van der Waals surface area contributed by atoms with Crippen LogP contribution in [-0.2, 0) is 11.3 Å². The molecule has 2 rings (SSSR count). The van der Waals surface area contributed by atoms with E-state index in [1.165, 1.54) is 0 Å². The third kappa shape index (κ3) is 2.53. The molecule has 100 valence electrons. The van der Waals surface area contributed by atoms with Crippen LogP contribution in [0.2, 0.25) is 0 Å². The van der Waals surface area contributed by atoms with Crippen LogP contribution in [0.5, 0.6) is 0 Å². The lowest BCUT2D eigenvalue weighted by molar-refractivity contribution is 0.0516. The Morgan fingerprint density at radius 3 is 2.68 bits per heavy atom. The van der Waals surface area contributed by atoms with E-state index in [4.69, 9.17) is 4.74 Å². The van der Waals surface area contributed by atoms with Crippen molar-refractivity contribution in [3.8, 4) is 5.69 Å². The first-order chi connectivity index (χ1) is 9.19. The zero-order chi connectivity index (χ0) is 13.8. The Morgan fingerprint density at radius 1 is 1.26 bits per heavy atom. The second-order valence-electron chi connectivity index (χ2n) is 4.20. The van der Waals surface area contributed by atoms with Gasteiger partial charge in [-0.05, 0) is 32.0 Å². The predicted molar refractivity (Wildman–Crippen MR) is 72.4 cm³/mol. The van der Waals surface area contributed by atoms with Gasteiger partial charge in [0.2, 0.25) is 0 Å². The van der Waals surface area contributed by atoms with Gasteiger partial charge in [0.25, 0.3) is 0 Å². The first kappa shape index (κ1) is 13.4. The summed E-state index contributed by atoms with van der Waals surface area (Å²) in [5.74, 6) is -0.358. The van der Waals surface area contributed by atoms with Gasteiger partial charge in [-0.2, -0.15) is 0 Å². The molecule has 0 amide bonds. The molecule has 0 saturated heterocycles. The van der Waals surface area contributed by atoms with Crippen molar-refractivity contribution in [3.63, 3.8) is 0 Å². The Hall–Kier alpha value is -2.07. The normalized spacial score (nSPS) is 10.5. The number of aryl methyl sites for hydroxylation is 1. The maximum absolute atomic E-state index is 11.9. The number of aromatic nitrogens is 1. The molecule has 1 aromatic heterocycles. The van der Waals surface area contributed by atoms with Gasteiger partial charge in [0, 0.05) is 11.3 Å². The standard InChI is InChI=1S/C15H17NO3/c1-3-19-15(18)14-9-8-11(2)16(14)13-7-5-4-6-12(13)10-17/h4-9,17H,3,10H2,1-2H3. The largest absolute Gasteiger partial charge is 0.461 e. The fraction of sp³-hybridized carbons (Fsp3) is 0.267. The molecule has 0 unspecified atom stereocenters. The zero-order valence-corrected chi connectivity index (χ0v) is 11.1. The number of hydrogen-bond donors (Lipinski definition) is 1. The first-order valence-corrected chi connectivity index (χ1v) is 6.23. The smallest absolute Gasteiger partial charge is 0.355 e. The molecular weight excluding hydrogens is 242 g/mol. The highest BCUT2D eigenvalue weighted by Crippen LogP contribution is 2.21. The summed E-state index contributed by atoms with van der Waals surface area (Å²) in [7, 11) is 0. The molecule has 2 aromatic rings. The van der Waals surface area contributed by atoms with Gasteiger partial charge in [-0.3, -0.25) is 0 Å². The molecule has 0 aliphatic rings. The summed E-state index contributed by atoms with van der Waals surface area (Å²) >= 11 is 0. The summed E-state index contributed by atoms with van der Waals surface area (Å²) in [6.45, 7) is 3.96. The SMILES string of the molecule is CCOC(=O)c1ccc(C)n1-c1ccccc1CO. The number of hydrogen-bond acceptors (Lipinski definition) is 3. The van der Waals surface area contributed by atoms with Crippen molar-refractivity contribution < 1.29 is 14.6 Å². The molecule has 4 nitrogen and oxygen atoms in total. The molecule has 0 aliphatic carbocycles. The van der Waals surface area contributed by atoms with Gasteiger partial charge in [-0.1, -0.05) is 18.2 Å². The summed E-state index contributed by atoms with van der Waals surface area (Å²) in [4.78, 5) is 11.9. The molecule has 0 bridgehead atoms. The highest BCUT2D eigenvalue weighted by molar-refractivity contribution is 5.89. The fourth-order valence-electron chi connectivity index (χ4n) is 2.09. The molecule has 4 heteroatoms. The molecule has 0 spiro atoms. The Bertz CT molecular complexity index is 587. The Labute approximate surface area is 112 Å². The minimum atomic E-state index is -0.358. The van der Waals surface area contributed by atoms with Crippen LogP contribution >= 0.6 is 0 Å². The van der Waals surface area contributed by atoms with Crippen molar-refractivity contribution >= 4 is 5.97 Å². The highest BCUT2D eigenvalue weighted by atomic mass is 16.5. The highest BCUT2D eigenvalue weighted by Gasteiger charge is 2.17. The molecule has 1 aromatic carbocycles. The van der Waals surface area contributed by atoms with Gasteiger partial charge in [0.05, 0.1) is 18.9 Å². The second kappa shape index (κ2) is 5.71. The van der Waals surface area contributed by atoms with Crippen LogP contribution < -0.4 is 0 Å². The van der Waals surface area contributed by atoms with E-state index in [1.807, 2.05) is 41.8 Å². The average Bonchev–Trinajstić information content (AvgIpc) is 2.81. The number of aliphatic hydroxyl groups excluding tert-OH is 1. The van der Waals surface area contributed by atoms with Crippen LogP contribution in [0.1, 0.15) is 28.7 Å². The molecule has 0 atom stereocenters.